The van der Waals surface area contributed by atoms with E-state index in [0.29, 0.717) is 10.4 Å². The van der Waals surface area contributed by atoms with Crippen molar-refractivity contribution < 1.29 is 18.3 Å². The third kappa shape index (κ3) is 3.14. The van der Waals surface area contributed by atoms with Crippen LogP contribution in [0.3, 0.4) is 0 Å². The Morgan fingerprint density at radius 2 is 1.83 bits per heavy atom. The Hall–Kier alpha value is -1.27. The van der Waals surface area contributed by atoms with Crippen molar-refractivity contribution in [3.63, 3.8) is 0 Å². The van der Waals surface area contributed by atoms with Crippen LogP contribution >= 0.6 is 27.3 Å². The number of alkyl halides is 2. The van der Waals surface area contributed by atoms with Gasteiger partial charge in [0.15, 0.2) is 0 Å². The minimum absolute atomic E-state index is 0.0360. The Morgan fingerprint density at radius 3 is 2.33 bits per heavy atom. The third-order valence-corrected chi connectivity index (χ3v) is 3.76. The third-order valence-electron chi connectivity index (χ3n) is 2.14. The van der Waals surface area contributed by atoms with Crippen molar-refractivity contribution in [2.75, 3.05) is 0 Å². The summed E-state index contributed by atoms with van der Waals surface area (Å²) in [4.78, 5) is 12.6. The van der Waals surface area contributed by atoms with E-state index in [2.05, 4.69) is 20.7 Å². The Labute approximate surface area is 114 Å². The highest BCUT2D eigenvalue weighted by atomic mass is 79.9. The molecule has 0 N–H and O–H groups in total. The summed E-state index contributed by atoms with van der Waals surface area (Å²) in [7, 11) is 0. The van der Waals surface area contributed by atoms with Gasteiger partial charge in [0.2, 0.25) is 5.78 Å². The number of ketones is 1. The molecule has 0 radical (unpaired) electrons. The topological polar surface area (TPSA) is 26.3 Å². The van der Waals surface area contributed by atoms with E-state index in [9.17, 15) is 13.6 Å². The first-order valence-corrected chi connectivity index (χ1v) is 6.52. The van der Waals surface area contributed by atoms with Crippen LogP contribution in [0.5, 0.6) is 5.75 Å². The van der Waals surface area contributed by atoms with Crippen LogP contribution in [0.1, 0.15) is 15.2 Å². The van der Waals surface area contributed by atoms with Gasteiger partial charge in [-0.25, -0.2) is 0 Å². The molecule has 2 rings (SSSR count). The summed E-state index contributed by atoms with van der Waals surface area (Å²) in [5.74, 6) is -0.108. The van der Waals surface area contributed by atoms with E-state index < -0.39 is 6.61 Å². The average molecular weight is 333 g/mol. The van der Waals surface area contributed by atoms with Gasteiger partial charge in [-0.3, -0.25) is 4.79 Å². The molecule has 0 saturated heterocycles. The number of hydrogen-bond acceptors (Lipinski definition) is 3. The number of ether oxygens (including phenoxy) is 1. The molecule has 0 aliphatic heterocycles. The number of hydrogen-bond donors (Lipinski definition) is 0. The fourth-order valence-corrected chi connectivity index (χ4v) is 2.71. The van der Waals surface area contributed by atoms with Crippen LogP contribution in [0.4, 0.5) is 8.78 Å². The SMILES string of the molecule is O=C(c1ccc(OC(F)F)cc1)c1ccc(Br)s1. The quantitative estimate of drug-likeness (QED) is 0.778. The maximum absolute atomic E-state index is 12.0. The summed E-state index contributed by atoms with van der Waals surface area (Å²) < 4.78 is 29.0. The fraction of sp³-hybridized carbons (Fsp3) is 0.0833. The van der Waals surface area contributed by atoms with Crippen molar-refractivity contribution in [2.45, 2.75) is 6.61 Å². The standard InChI is InChI=1S/C12H7BrF2O2S/c13-10-6-5-9(18-10)11(16)7-1-3-8(4-2-7)17-12(14)15/h1-6,12H. The molecular formula is C12H7BrF2O2S. The molecular weight excluding hydrogens is 326 g/mol. The second-order valence-electron chi connectivity index (χ2n) is 3.34. The van der Waals surface area contributed by atoms with Crippen molar-refractivity contribution in [3.8, 4) is 5.75 Å². The number of carbonyl (C=O) groups is 1. The second kappa shape index (κ2) is 5.58. The van der Waals surface area contributed by atoms with Crippen LogP contribution in [0.2, 0.25) is 0 Å². The molecule has 1 aromatic carbocycles. The van der Waals surface area contributed by atoms with E-state index in [0.717, 1.165) is 3.79 Å². The van der Waals surface area contributed by atoms with E-state index in [4.69, 9.17) is 0 Å². The van der Waals surface area contributed by atoms with Crippen molar-refractivity contribution in [3.05, 3.63) is 50.6 Å². The predicted molar refractivity (Wildman–Crippen MR) is 68.5 cm³/mol. The van der Waals surface area contributed by atoms with E-state index in [-0.39, 0.29) is 11.5 Å². The number of carbonyl (C=O) groups excluding carboxylic acids is 1. The van der Waals surface area contributed by atoms with Crippen molar-refractivity contribution in [2.24, 2.45) is 0 Å². The second-order valence-corrected chi connectivity index (χ2v) is 5.80. The highest BCUT2D eigenvalue weighted by Crippen LogP contribution is 2.25. The molecule has 0 fully saturated rings. The minimum atomic E-state index is -2.86. The van der Waals surface area contributed by atoms with Crippen LogP contribution in [-0.2, 0) is 0 Å². The highest BCUT2D eigenvalue weighted by molar-refractivity contribution is 9.11. The van der Waals surface area contributed by atoms with Crippen LogP contribution in [0.25, 0.3) is 0 Å². The first-order chi connectivity index (χ1) is 8.56. The van der Waals surface area contributed by atoms with Crippen LogP contribution in [-0.4, -0.2) is 12.4 Å². The first-order valence-electron chi connectivity index (χ1n) is 4.91. The van der Waals surface area contributed by atoms with E-state index >= 15 is 0 Å². The van der Waals surface area contributed by atoms with Gasteiger partial charge in [0, 0.05) is 5.56 Å². The van der Waals surface area contributed by atoms with Gasteiger partial charge in [0.25, 0.3) is 0 Å². The Bertz CT molecular complexity index is 551. The molecule has 0 atom stereocenters. The molecule has 2 aromatic rings. The minimum Gasteiger partial charge on any atom is -0.435 e. The zero-order chi connectivity index (χ0) is 13.1. The van der Waals surface area contributed by atoms with Crippen molar-refractivity contribution >= 4 is 33.0 Å². The van der Waals surface area contributed by atoms with E-state index in [1.54, 1.807) is 12.1 Å². The first kappa shape index (κ1) is 13.2. The summed E-state index contributed by atoms with van der Waals surface area (Å²) in [6.07, 6.45) is 0. The lowest BCUT2D eigenvalue weighted by atomic mass is 10.1. The number of benzene rings is 1. The Kier molecular flexibility index (Phi) is 4.08. The zero-order valence-corrected chi connectivity index (χ0v) is 11.3. The van der Waals surface area contributed by atoms with Gasteiger partial charge in [-0.05, 0) is 52.3 Å². The smallest absolute Gasteiger partial charge is 0.387 e. The van der Waals surface area contributed by atoms with Gasteiger partial charge in [-0.2, -0.15) is 8.78 Å². The van der Waals surface area contributed by atoms with Gasteiger partial charge in [0.05, 0.1) is 8.66 Å². The maximum Gasteiger partial charge on any atom is 0.387 e. The summed E-state index contributed by atoms with van der Waals surface area (Å²) in [6.45, 7) is -2.86. The van der Waals surface area contributed by atoms with Crippen LogP contribution < -0.4 is 4.74 Å². The summed E-state index contributed by atoms with van der Waals surface area (Å²) in [6, 6.07) is 9.12. The highest BCUT2D eigenvalue weighted by Gasteiger charge is 2.12. The molecule has 0 unspecified atom stereocenters. The van der Waals surface area contributed by atoms with Crippen LogP contribution in [0, 0.1) is 0 Å². The molecule has 0 amide bonds. The van der Waals surface area contributed by atoms with Gasteiger partial charge in [-0.15, -0.1) is 11.3 Å². The number of rotatable bonds is 4. The lowest BCUT2D eigenvalue weighted by Crippen LogP contribution is -2.03. The molecule has 1 heterocycles. The van der Waals surface area contributed by atoms with Crippen molar-refractivity contribution in [1.82, 2.24) is 0 Å². The lowest BCUT2D eigenvalue weighted by molar-refractivity contribution is -0.0498. The molecule has 2 nitrogen and oxygen atoms in total. The van der Waals surface area contributed by atoms with Crippen LogP contribution in [0.15, 0.2) is 40.2 Å². The summed E-state index contributed by atoms with van der Waals surface area (Å²) in [5, 5.41) is 0. The van der Waals surface area contributed by atoms with Gasteiger partial charge in [0.1, 0.15) is 5.75 Å². The molecule has 0 aliphatic rings. The fourth-order valence-electron chi connectivity index (χ4n) is 1.37. The largest absolute Gasteiger partial charge is 0.435 e. The molecule has 94 valence electrons. The van der Waals surface area contributed by atoms with E-state index in [1.165, 1.54) is 35.6 Å². The molecule has 0 saturated carbocycles. The molecule has 1 aromatic heterocycles. The number of halogens is 3. The average Bonchev–Trinajstić information content (AvgIpc) is 2.75. The number of thiophene rings is 1. The molecule has 0 spiro atoms. The van der Waals surface area contributed by atoms with E-state index in [1.807, 2.05) is 0 Å². The molecule has 0 aliphatic carbocycles. The molecule has 18 heavy (non-hydrogen) atoms. The monoisotopic (exact) mass is 332 g/mol. The van der Waals surface area contributed by atoms with Crippen molar-refractivity contribution in [1.29, 1.82) is 0 Å². The molecule has 6 heteroatoms. The predicted octanol–water partition coefficient (Wildman–Crippen LogP) is 4.34. The van der Waals surface area contributed by atoms with Gasteiger partial charge >= 0.3 is 6.61 Å². The molecule has 0 bridgehead atoms. The zero-order valence-electron chi connectivity index (χ0n) is 8.90. The Balaban J connectivity index is 2.17. The Morgan fingerprint density at radius 1 is 1.17 bits per heavy atom. The lowest BCUT2D eigenvalue weighted by Gasteiger charge is -2.04. The summed E-state index contributed by atoms with van der Waals surface area (Å²) >= 11 is 4.60. The maximum atomic E-state index is 12.0. The van der Waals surface area contributed by atoms with Gasteiger partial charge < -0.3 is 4.74 Å². The normalized spacial score (nSPS) is 10.7. The van der Waals surface area contributed by atoms with Gasteiger partial charge in [-0.1, -0.05) is 0 Å². The summed E-state index contributed by atoms with van der Waals surface area (Å²) in [5.41, 5.74) is 0.436.